The first-order valence-electron chi connectivity index (χ1n) is 10.8. The molecule has 1 heterocycles. The minimum Gasteiger partial charge on any atom is -0.447 e. The van der Waals surface area contributed by atoms with E-state index < -0.39 is 19.2 Å². The number of aryl methyl sites for hydroxylation is 1. The average molecular weight is 441 g/mol. The van der Waals surface area contributed by atoms with Crippen LogP contribution in [0.15, 0.2) is 35.9 Å². The van der Waals surface area contributed by atoms with Gasteiger partial charge in [0.25, 0.3) is 5.91 Å². The van der Waals surface area contributed by atoms with Crippen molar-refractivity contribution < 1.29 is 24.4 Å². The lowest BCUT2D eigenvalue weighted by Gasteiger charge is -2.25. The molecule has 0 saturated carbocycles. The molecule has 1 aromatic rings. The lowest BCUT2D eigenvalue weighted by Crippen LogP contribution is -2.49. The summed E-state index contributed by atoms with van der Waals surface area (Å²) in [5, 5.41) is 31.2. The van der Waals surface area contributed by atoms with Crippen molar-refractivity contribution in [2.24, 2.45) is 5.41 Å². The maximum atomic E-state index is 12.8. The number of benzene rings is 1. The van der Waals surface area contributed by atoms with E-state index >= 15 is 0 Å². The van der Waals surface area contributed by atoms with Crippen LogP contribution >= 0.6 is 0 Å². The fraction of sp³-hybridized carbons (Fsp3) is 0.522. The highest BCUT2D eigenvalue weighted by Gasteiger charge is 2.33. The van der Waals surface area contributed by atoms with Crippen molar-refractivity contribution in [3.63, 3.8) is 0 Å². The molecule has 3 N–H and O–H groups in total. The third kappa shape index (κ3) is 7.70. The van der Waals surface area contributed by atoms with Crippen LogP contribution in [-0.4, -0.2) is 59.2 Å². The first kappa shape index (κ1) is 25.4. The van der Waals surface area contributed by atoms with Gasteiger partial charge in [-0.1, -0.05) is 56.7 Å². The number of allylic oxidation sites excluding steroid dienone is 1. The van der Waals surface area contributed by atoms with Gasteiger partial charge in [-0.2, -0.15) is 5.26 Å². The van der Waals surface area contributed by atoms with Crippen molar-refractivity contribution >= 4 is 19.1 Å². The third-order valence-corrected chi connectivity index (χ3v) is 5.21. The van der Waals surface area contributed by atoms with Crippen LogP contribution in [0.3, 0.4) is 0 Å². The SMILES string of the molecule is Cc1ccc(C[C@H](NC(=O)OC[C@H]2CCCN2C(=O)/C(C#N)=C\C(C)(C)C)B(O)O)cc1. The number of carbonyl (C=O) groups is 2. The second-order valence-corrected chi connectivity index (χ2v) is 9.28. The van der Waals surface area contributed by atoms with Crippen LogP contribution in [0.2, 0.25) is 0 Å². The molecule has 2 amide bonds. The Morgan fingerprint density at radius 1 is 1.34 bits per heavy atom. The fourth-order valence-corrected chi connectivity index (χ4v) is 3.58. The van der Waals surface area contributed by atoms with Gasteiger partial charge in [-0.05, 0) is 37.2 Å². The number of carbonyl (C=O) groups excluding carboxylic acids is 2. The molecule has 8 nitrogen and oxygen atoms in total. The summed E-state index contributed by atoms with van der Waals surface area (Å²) in [7, 11) is -1.76. The van der Waals surface area contributed by atoms with E-state index in [9.17, 15) is 24.9 Å². The molecule has 1 aliphatic heterocycles. The minimum atomic E-state index is -1.76. The first-order valence-corrected chi connectivity index (χ1v) is 10.8. The van der Waals surface area contributed by atoms with Crippen molar-refractivity contribution in [2.45, 2.75) is 58.9 Å². The zero-order valence-electron chi connectivity index (χ0n) is 19.2. The van der Waals surface area contributed by atoms with Gasteiger partial charge in [0.15, 0.2) is 0 Å². The van der Waals surface area contributed by atoms with E-state index in [2.05, 4.69) is 5.32 Å². The van der Waals surface area contributed by atoms with Gasteiger partial charge in [-0.3, -0.25) is 4.79 Å². The molecule has 1 fully saturated rings. The van der Waals surface area contributed by atoms with Crippen molar-refractivity contribution in [1.82, 2.24) is 10.2 Å². The quantitative estimate of drug-likeness (QED) is 0.339. The topological polar surface area (TPSA) is 123 Å². The van der Waals surface area contributed by atoms with E-state index in [0.717, 1.165) is 17.5 Å². The van der Waals surface area contributed by atoms with Crippen LogP contribution in [0, 0.1) is 23.7 Å². The van der Waals surface area contributed by atoms with Crippen LogP contribution in [-0.2, 0) is 16.0 Å². The summed E-state index contributed by atoms with van der Waals surface area (Å²) < 4.78 is 5.29. The number of amides is 2. The molecule has 1 saturated heterocycles. The van der Waals surface area contributed by atoms with E-state index in [-0.39, 0.29) is 36.0 Å². The van der Waals surface area contributed by atoms with E-state index in [4.69, 9.17) is 4.74 Å². The van der Waals surface area contributed by atoms with Crippen molar-refractivity contribution in [1.29, 1.82) is 5.26 Å². The summed E-state index contributed by atoms with van der Waals surface area (Å²) in [6.07, 6.45) is 2.49. The Balaban J connectivity index is 1.95. The number of nitriles is 1. The predicted molar refractivity (Wildman–Crippen MR) is 121 cm³/mol. The summed E-state index contributed by atoms with van der Waals surface area (Å²) in [5.74, 6) is -1.30. The standard InChI is InChI=1S/C23H32BN3O5/c1-16-7-9-17(10-8-16)12-20(24(30)31)26-22(29)32-15-19-6-5-11-27(19)21(28)18(14-25)13-23(2,3)4/h7-10,13,19-20,30-31H,5-6,11-12,15H2,1-4H3,(H,26,29)/b18-13-/t19-,20+/m1/s1. The van der Waals surface area contributed by atoms with Gasteiger partial charge >= 0.3 is 13.2 Å². The number of nitrogens with one attached hydrogen (secondary N) is 1. The molecule has 0 aromatic heterocycles. The average Bonchev–Trinajstić information content (AvgIpc) is 3.19. The normalized spacial score (nSPS) is 17.5. The summed E-state index contributed by atoms with van der Waals surface area (Å²) in [5.41, 5.74) is 1.69. The maximum Gasteiger partial charge on any atom is 0.475 e. The Morgan fingerprint density at radius 2 is 2.00 bits per heavy atom. The molecule has 2 rings (SSSR count). The van der Waals surface area contributed by atoms with Crippen molar-refractivity contribution in [3.05, 3.63) is 47.0 Å². The fourth-order valence-electron chi connectivity index (χ4n) is 3.58. The second-order valence-electron chi connectivity index (χ2n) is 9.28. The molecule has 0 spiro atoms. The van der Waals surface area contributed by atoms with Crippen molar-refractivity contribution in [2.75, 3.05) is 13.2 Å². The Bertz CT molecular complexity index is 871. The van der Waals surface area contributed by atoms with Gasteiger partial charge in [-0.15, -0.1) is 0 Å². The zero-order valence-corrected chi connectivity index (χ0v) is 19.2. The predicted octanol–water partition coefficient (Wildman–Crippen LogP) is 2.13. The number of rotatable bonds is 7. The monoisotopic (exact) mass is 441 g/mol. The Kier molecular flexibility index (Phi) is 8.87. The maximum absolute atomic E-state index is 12.8. The van der Waals surface area contributed by atoms with Gasteiger partial charge < -0.3 is 25.0 Å². The molecular weight excluding hydrogens is 409 g/mol. The number of alkyl carbamates (subject to hydrolysis) is 1. The molecule has 1 aliphatic rings. The highest BCUT2D eigenvalue weighted by atomic mass is 16.5. The Hall–Kier alpha value is -2.83. The van der Waals surface area contributed by atoms with E-state index in [1.165, 1.54) is 0 Å². The van der Waals surface area contributed by atoms with Gasteiger partial charge in [0.1, 0.15) is 18.2 Å². The van der Waals surface area contributed by atoms with E-state index in [0.29, 0.717) is 13.0 Å². The Labute approximate surface area is 190 Å². The molecule has 32 heavy (non-hydrogen) atoms. The van der Waals surface area contributed by atoms with E-state index in [1.54, 1.807) is 11.0 Å². The lowest BCUT2D eigenvalue weighted by molar-refractivity contribution is -0.128. The molecule has 0 bridgehead atoms. The third-order valence-electron chi connectivity index (χ3n) is 5.21. The highest BCUT2D eigenvalue weighted by Crippen LogP contribution is 2.23. The van der Waals surface area contributed by atoms with Crippen molar-refractivity contribution in [3.8, 4) is 6.07 Å². The zero-order chi connectivity index (χ0) is 23.9. The van der Waals surface area contributed by atoms with Crippen LogP contribution in [0.1, 0.15) is 44.7 Å². The van der Waals surface area contributed by atoms with Gasteiger partial charge in [0.05, 0.1) is 12.0 Å². The summed E-state index contributed by atoms with van der Waals surface area (Å²) >= 11 is 0. The number of ether oxygens (including phenoxy) is 1. The Morgan fingerprint density at radius 3 is 2.56 bits per heavy atom. The highest BCUT2D eigenvalue weighted by molar-refractivity contribution is 6.43. The summed E-state index contributed by atoms with van der Waals surface area (Å²) in [6, 6.07) is 9.18. The van der Waals surface area contributed by atoms with Crippen LogP contribution < -0.4 is 5.32 Å². The van der Waals surface area contributed by atoms with Crippen LogP contribution in [0.25, 0.3) is 0 Å². The number of likely N-dealkylation sites (tertiary alicyclic amines) is 1. The number of hydrogen-bond acceptors (Lipinski definition) is 6. The lowest BCUT2D eigenvalue weighted by atomic mass is 9.76. The summed E-state index contributed by atoms with van der Waals surface area (Å²) in [6.45, 7) is 8.14. The number of hydrogen-bond donors (Lipinski definition) is 3. The van der Waals surface area contributed by atoms with Crippen LogP contribution in [0.4, 0.5) is 4.79 Å². The molecule has 2 atom stereocenters. The molecule has 0 unspecified atom stereocenters. The number of nitrogens with zero attached hydrogens (tertiary/aromatic N) is 2. The molecular formula is C23H32BN3O5. The second kappa shape index (κ2) is 11.2. The van der Waals surface area contributed by atoms with Crippen LogP contribution in [0.5, 0.6) is 0 Å². The molecule has 172 valence electrons. The summed E-state index contributed by atoms with van der Waals surface area (Å²) in [4.78, 5) is 26.7. The smallest absolute Gasteiger partial charge is 0.447 e. The van der Waals surface area contributed by atoms with E-state index in [1.807, 2.05) is 58.0 Å². The molecule has 9 heteroatoms. The van der Waals surface area contributed by atoms with Gasteiger partial charge in [0, 0.05) is 6.54 Å². The largest absolute Gasteiger partial charge is 0.475 e. The van der Waals surface area contributed by atoms with Gasteiger partial charge in [0.2, 0.25) is 0 Å². The molecule has 0 radical (unpaired) electrons. The molecule has 0 aliphatic carbocycles. The minimum absolute atomic E-state index is 0.0371. The van der Waals surface area contributed by atoms with Gasteiger partial charge in [-0.25, -0.2) is 4.79 Å². The first-order chi connectivity index (χ1) is 15.0. The molecule has 1 aromatic carbocycles.